The molecule has 0 heterocycles. The van der Waals surface area contributed by atoms with Gasteiger partial charge < -0.3 is 10.8 Å². The van der Waals surface area contributed by atoms with Crippen molar-refractivity contribution >= 4 is 23.8 Å². The Bertz CT molecular complexity index is 689. The second kappa shape index (κ2) is 6.85. The smallest absolute Gasteiger partial charge is 0.129 e. The fourth-order valence-corrected chi connectivity index (χ4v) is 5.02. The van der Waals surface area contributed by atoms with E-state index in [4.69, 9.17) is 5.73 Å². The first kappa shape index (κ1) is 14.9. The average Bonchev–Trinajstić information content (AvgIpc) is 2.57. The summed E-state index contributed by atoms with van der Waals surface area (Å²) in [5.41, 5.74) is 6.57. The van der Waals surface area contributed by atoms with Crippen molar-refractivity contribution in [2.45, 2.75) is 6.23 Å². The van der Waals surface area contributed by atoms with E-state index >= 15 is 0 Å². The zero-order valence-electron chi connectivity index (χ0n) is 12.1. The molecule has 0 saturated heterocycles. The van der Waals surface area contributed by atoms with Gasteiger partial charge in [0.1, 0.15) is 6.23 Å². The van der Waals surface area contributed by atoms with Gasteiger partial charge >= 0.3 is 0 Å². The molecule has 2 nitrogen and oxygen atoms in total. The largest absolute Gasteiger partial charge is 0.375 e. The summed E-state index contributed by atoms with van der Waals surface area (Å²) in [6.45, 7) is 0. The summed E-state index contributed by atoms with van der Waals surface area (Å²) in [5, 5.41) is 13.5. The van der Waals surface area contributed by atoms with Crippen LogP contribution in [-0.2, 0) is 0 Å². The third kappa shape index (κ3) is 3.10. The standard InChI is InChI=1S/C19H18NOP/c20-19(21)17-13-7-8-14-18(17)22(15-9-3-1-4-10-15)16-11-5-2-6-12-16/h1-14,19,21H,20H2/t19-/m1/s1. The summed E-state index contributed by atoms with van der Waals surface area (Å²) < 4.78 is 0. The van der Waals surface area contributed by atoms with Crippen molar-refractivity contribution in [3.05, 3.63) is 90.5 Å². The first-order valence-corrected chi connectivity index (χ1v) is 8.54. The van der Waals surface area contributed by atoms with E-state index in [1.165, 1.54) is 10.6 Å². The fourth-order valence-electron chi connectivity index (χ4n) is 2.52. The van der Waals surface area contributed by atoms with Crippen molar-refractivity contribution in [3.63, 3.8) is 0 Å². The lowest BCUT2D eigenvalue weighted by Crippen LogP contribution is -2.26. The Morgan fingerprint density at radius 3 is 1.64 bits per heavy atom. The van der Waals surface area contributed by atoms with Crippen LogP contribution in [0, 0.1) is 0 Å². The van der Waals surface area contributed by atoms with E-state index in [9.17, 15) is 5.11 Å². The Balaban J connectivity index is 2.19. The maximum absolute atomic E-state index is 9.94. The van der Waals surface area contributed by atoms with Crippen LogP contribution in [0.4, 0.5) is 0 Å². The summed E-state index contributed by atoms with van der Waals surface area (Å²) >= 11 is 0. The van der Waals surface area contributed by atoms with Crippen LogP contribution in [0.5, 0.6) is 0 Å². The highest BCUT2D eigenvalue weighted by Crippen LogP contribution is 2.34. The van der Waals surface area contributed by atoms with Crippen LogP contribution in [0.15, 0.2) is 84.9 Å². The van der Waals surface area contributed by atoms with Crippen LogP contribution < -0.4 is 21.6 Å². The molecule has 0 aliphatic rings. The first-order valence-electron chi connectivity index (χ1n) is 7.20. The number of aliphatic hydroxyl groups is 1. The summed E-state index contributed by atoms with van der Waals surface area (Å²) in [6.07, 6.45) is -0.964. The van der Waals surface area contributed by atoms with E-state index in [2.05, 4.69) is 54.6 Å². The molecule has 0 radical (unpaired) electrons. The number of rotatable bonds is 4. The molecular weight excluding hydrogens is 289 g/mol. The lowest BCUT2D eigenvalue weighted by atomic mass is 10.2. The summed E-state index contributed by atoms with van der Waals surface area (Å²) in [5.74, 6) is 0. The summed E-state index contributed by atoms with van der Waals surface area (Å²) in [6, 6.07) is 28.7. The van der Waals surface area contributed by atoms with E-state index in [-0.39, 0.29) is 0 Å². The number of hydrogen-bond acceptors (Lipinski definition) is 2. The number of aliphatic hydroxyl groups excluding tert-OH is 1. The van der Waals surface area contributed by atoms with Crippen LogP contribution in [0.2, 0.25) is 0 Å². The van der Waals surface area contributed by atoms with E-state index in [0.29, 0.717) is 0 Å². The average molecular weight is 307 g/mol. The van der Waals surface area contributed by atoms with Gasteiger partial charge in [0.2, 0.25) is 0 Å². The molecular formula is C19H18NOP. The Hall–Kier alpha value is -1.99. The van der Waals surface area contributed by atoms with Crippen molar-refractivity contribution < 1.29 is 5.11 Å². The molecule has 3 N–H and O–H groups in total. The van der Waals surface area contributed by atoms with Gasteiger partial charge in [-0.1, -0.05) is 84.9 Å². The quantitative estimate of drug-likeness (QED) is 0.574. The van der Waals surface area contributed by atoms with Gasteiger partial charge in [-0.2, -0.15) is 0 Å². The van der Waals surface area contributed by atoms with Gasteiger partial charge in [0, 0.05) is 5.56 Å². The second-order valence-corrected chi connectivity index (χ2v) is 7.20. The normalized spacial score (nSPS) is 12.3. The predicted molar refractivity (Wildman–Crippen MR) is 94.3 cm³/mol. The van der Waals surface area contributed by atoms with Gasteiger partial charge in [0.15, 0.2) is 0 Å². The lowest BCUT2D eigenvalue weighted by molar-refractivity contribution is 0.187. The predicted octanol–water partition coefficient (Wildman–Crippen LogP) is 2.39. The van der Waals surface area contributed by atoms with Crippen molar-refractivity contribution in [2.24, 2.45) is 5.73 Å². The van der Waals surface area contributed by atoms with Crippen molar-refractivity contribution in [1.29, 1.82) is 0 Å². The molecule has 0 fully saturated rings. The van der Waals surface area contributed by atoms with Crippen molar-refractivity contribution in [2.75, 3.05) is 0 Å². The number of hydrogen-bond donors (Lipinski definition) is 2. The molecule has 3 heteroatoms. The van der Waals surface area contributed by atoms with Crippen molar-refractivity contribution in [1.82, 2.24) is 0 Å². The van der Waals surface area contributed by atoms with Gasteiger partial charge in [0.25, 0.3) is 0 Å². The maximum Gasteiger partial charge on any atom is 0.129 e. The molecule has 22 heavy (non-hydrogen) atoms. The summed E-state index contributed by atoms with van der Waals surface area (Å²) in [4.78, 5) is 0. The number of benzene rings is 3. The lowest BCUT2D eigenvalue weighted by Gasteiger charge is -2.23. The highest BCUT2D eigenvalue weighted by atomic mass is 31.1. The second-order valence-electron chi connectivity index (χ2n) is 5.01. The van der Waals surface area contributed by atoms with Gasteiger partial charge in [-0.15, -0.1) is 0 Å². The third-order valence-corrected chi connectivity index (χ3v) is 6.04. The molecule has 0 bridgehead atoms. The fraction of sp³-hybridized carbons (Fsp3) is 0.0526. The zero-order chi connectivity index (χ0) is 15.4. The minimum atomic E-state index is -0.964. The molecule has 0 aromatic heterocycles. The SMILES string of the molecule is N[C@H](O)c1ccccc1P(c1ccccc1)c1ccccc1. The molecule has 0 saturated carbocycles. The van der Waals surface area contributed by atoms with Gasteiger partial charge in [-0.25, -0.2) is 0 Å². The summed E-state index contributed by atoms with van der Waals surface area (Å²) in [7, 11) is -0.739. The van der Waals surface area contributed by atoms with Crippen LogP contribution in [-0.4, -0.2) is 5.11 Å². The van der Waals surface area contributed by atoms with E-state index in [0.717, 1.165) is 10.9 Å². The van der Waals surface area contributed by atoms with Gasteiger partial charge in [0.05, 0.1) is 0 Å². The van der Waals surface area contributed by atoms with Crippen LogP contribution in [0.1, 0.15) is 11.8 Å². The Kier molecular flexibility index (Phi) is 4.65. The molecule has 0 unspecified atom stereocenters. The van der Waals surface area contributed by atoms with Crippen LogP contribution >= 0.6 is 7.92 Å². The highest BCUT2D eigenvalue weighted by molar-refractivity contribution is 7.79. The zero-order valence-corrected chi connectivity index (χ0v) is 13.0. The Morgan fingerprint density at radius 1 is 0.682 bits per heavy atom. The van der Waals surface area contributed by atoms with E-state index in [1.807, 2.05) is 30.3 Å². The Morgan fingerprint density at radius 2 is 1.14 bits per heavy atom. The van der Waals surface area contributed by atoms with Gasteiger partial charge in [-0.3, -0.25) is 0 Å². The highest BCUT2D eigenvalue weighted by Gasteiger charge is 2.20. The molecule has 1 atom stereocenters. The minimum Gasteiger partial charge on any atom is -0.375 e. The Labute approximate surface area is 132 Å². The van der Waals surface area contributed by atoms with E-state index < -0.39 is 14.1 Å². The van der Waals surface area contributed by atoms with Crippen LogP contribution in [0.3, 0.4) is 0 Å². The minimum absolute atomic E-state index is 0.739. The molecule has 0 aliphatic carbocycles. The maximum atomic E-state index is 9.94. The van der Waals surface area contributed by atoms with Gasteiger partial charge in [-0.05, 0) is 23.8 Å². The monoisotopic (exact) mass is 307 g/mol. The van der Waals surface area contributed by atoms with Crippen LogP contribution in [0.25, 0.3) is 0 Å². The van der Waals surface area contributed by atoms with E-state index in [1.54, 1.807) is 0 Å². The third-order valence-electron chi connectivity index (χ3n) is 3.53. The molecule has 0 amide bonds. The molecule has 3 rings (SSSR count). The molecule has 0 spiro atoms. The molecule has 110 valence electrons. The molecule has 3 aromatic carbocycles. The topological polar surface area (TPSA) is 46.2 Å². The molecule has 3 aromatic rings. The first-order chi connectivity index (χ1) is 10.8. The molecule has 0 aliphatic heterocycles. The number of nitrogens with two attached hydrogens (primary N) is 1. The van der Waals surface area contributed by atoms with Crippen molar-refractivity contribution in [3.8, 4) is 0 Å².